The molecule has 1 aromatic heterocycles. The Hall–Kier alpha value is -1.34. The maximum atomic E-state index is 8.77. The lowest BCUT2D eigenvalue weighted by Gasteiger charge is -2.21. The van der Waals surface area contributed by atoms with Crippen LogP contribution in [0.1, 0.15) is 24.8 Å². The Labute approximate surface area is 96.5 Å². The number of rotatable bonds is 5. The molecule has 1 aliphatic rings. The molecular weight excluding hydrogens is 200 g/mol. The van der Waals surface area contributed by atoms with Crippen LogP contribution in [0, 0.1) is 16.7 Å². The number of aromatic nitrogens is 2. The fourth-order valence-corrected chi connectivity index (χ4v) is 2.23. The summed E-state index contributed by atoms with van der Waals surface area (Å²) < 4.78 is 1.82. The monoisotopic (exact) mass is 218 g/mol. The quantitative estimate of drug-likeness (QED) is 0.753. The van der Waals surface area contributed by atoms with Gasteiger partial charge in [0.05, 0.1) is 12.3 Å². The molecule has 0 radical (unpaired) electrons. The van der Waals surface area contributed by atoms with E-state index in [0.29, 0.717) is 11.8 Å². The Kier molecular flexibility index (Phi) is 2.97. The Bertz CT molecular complexity index is 397. The Balaban J connectivity index is 1.85. The molecule has 0 spiro atoms. The van der Waals surface area contributed by atoms with Gasteiger partial charge in [0.15, 0.2) is 0 Å². The van der Waals surface area contributed by atoms with Crippen molar-refractivity contribution in [3.8, 4) is 6.07 Å². The first kappa shape index (κ1) is 11.2. The number of nitriles is 1. The molecule has 4 nitrogen and oxygen atoms in total. The Morgan fingerprint density at radius 1 is 1.62 bits per heavy atom. The predicted molar refractivity (Wildman–Crippen MR) is 61.4 cm³/mol. The molecular formula is C12H18N4. The van der Waals surface area contributed by atoms with Gasteiger partial charge in [0.2, 0.25) is 0 Å². The van der Waals surface area contributed by atoms with E-state index in [4.69, 9.17) is 5.26 Å². The van der Waals surface area contributed by atoms with Gasteiger partial charge in [-0.3, -0.25) is 4.68 Å². The summed E-state index contributed by atoms with van der Waals surface area (Å²) in [6.45, 7) is 1.94. The van der Waals surface area contributed by atoms with Crippen molar-refractivity contribution in [2.24, 2.45) is 12.5 Å². The predicted octanol–water partition coefficient (Wildman–Crippen LogP) is 1.55. The first-order valence-corrected chi connectivity index (χ1v) is 5.67. The summed E-state index contributed by atoms with van der Waals surface area (Å²) in [5, 5.41) is 12.9. The van der Waals surface area contributed by atoms with Gasteiger partial charge in [-0.15, -0.1) is 0 Å². The third-order valence-electron chi connectivity index (χ3n) is 3.23. The van der Waals surface area contributed by atoms with E-state index in [1.807, 2.05) is 24.1 Å². The summed E-state index contributed by atoms with van der Waals surface area (Å²) in [4.78, 5) is 2.29. The molecule has 0 unspecified atom stereocenters. The van der Waals surface area contributed by atoms with Crippen LogP contribution in [0.5, 0.6) is 0 Å². The van der Waals surface area contributed by atoms with Crippen LogP contribution < -0.4 is 0 Å². The van der Waals surface area contributed by atoms with Crippen molar-refractivity contribution in [3.63, 3.8) is 0 Å². The average molecular weight is 218 g/mol. The molecule has 1 heterocycles. The lowest BCUT2D eigenvalue weighted by molar-refractivity contribution is 0.257. The van der Waals surface area contributed by atoms with Crippen LogP contribution in [0.2, 0.25) is 0 Å². The van der Waals surface area contributed by atoms with E-state index in [2.05, 4.69) is 23.1 Å². The largest absolute Gasteiger partial charge is 0.301 e. The van der Waals surface area contributed by atoms with Gasteiger partial charge in [0, 0.05) is 38.3 Å². The van der Waals surface area contributed by atoms with E-state index in [1.54, 1.807) is 0 Å². The van der Waals surface area contributed by atoms with Crippen LogP contribution in [0.3, 0.4) is 0 Å². The minimum absolute atomic E-state index is 0.297. The van der Waals surface area contributed by atoms with Gasteiger partial charge in [0.25, 0.3) is 0 Å². The van der Waals surface area contributed by atoms with Crippen LogP contribution in [0.4, 0.5) is 0 Å². The van der Waals surface area contributed by atoms with Crippen molar-refractivity contribution in [1.29, 1.82) is 5.26 Å². The summed E-state index contributed by atoms with van der Waals surface area (Å²) in [5.74, 6) is 0. The maximum Gasteiger partial charge on any atom is 0.0628 e. The smallest absolute Gasteiger partial charge is 0.0628 e. The van der Waals surface area contributed by atoms with Crippen molar-refractivity contribution in [2.45, 2.75) is 25.8 Å². The third-order valence-corrected chi connectivity index (χ3v) is 3.23. The van der Waals surface area contributed by atoms with Gasteiger partial charge >= 0.3 is 0 Å². The Morgan fingerprint density at radius 2 is 2.38 bits per heavy atom. The number of nitrogens with zero attached hydrogens (tertiary/aromatic N) is 4. The Morgan fingerprint density at radius 3 is 2.88 bits per heavy atom. The molecule has 1 fully saturated rings. The van der Waals surface area contributed by atoms with Crippen LogP contribution in [0.15, 0.2) is 12.4 Å². The van der Waals surface area contributed by atoms with Crippen LogP contribution in [0.25, 0.3) is 0 Å². The summed E-state index contributed by atoms with van der Waals surface area (Å²) in [7, 11) is 4.05. The topological polar surface area (TPSA) is 44.9 Å². The van der Waals surface area contributed by atoms with Gasteiger partial charge < -0.3 is 4.90 Å². The van der Waals surface area contributed by atoms with Gasteiger partial charge in [-0.1, -0.05) is 0 Å². The van der Waals surface area contributed by atoms with Gasteiger partial charge in [-0.05, 0) is 25.3 Å². The molecule has 0 bridgehead atoms. The number of aryl methyl sites for hydroxylation is 1. The summed E-state index contributed by atoms with van der Waals surface area (Å²) in [6, 6.07) is 2.30. The minimum Gasteiger partial charge on any atom is -0.301 e. The molecule has 0 N–H and O–H groups in total. The van der Waals surface area contributed by atoms with Gasteiger partial charge in [0.1, 0.15) is 0 Å². The van der Waals surface area contributed by atoms with Gasteiger partial charge in [-0.25, -0.2) is 0 Å². The van der Waals surface area contributed by atoms with E-state index < -0.39 is 0 Å². The fraction of sp³-hybridized carbons (Fsp3) is 0.667. The molecule has 16 heavy (non-hydrogen) atoms. The standard InChI is InChI=1S/C12H18N4/c1-15(8-11-7-14-16(2)9-11)10-12(3-4-12)5-6-13/h7,9H,3-5,8,10H2,1-2H3. The molecule has 1 aliphatic carbocycles. The van der Waals surface area contributed by atoms with Crippen molar-refractivity contribution in [2.75, 3.05) is 13.6 Å². The number of hydrogen-bond acceptors (Lipinski definition) is 3. The highest BCUT2D eigenvalue weighted by atomic mass is 15.2. The molecule has 1 saturated carbocycles. The second kappa shape index (κ2) is 4.26. The molecule has 4 heteroatoms. The minimum atomic E-state index is 0.297. The van der Waals surface area contributed by atoms with E-state index in [9.17, 15) is 0 Å². The number of hydrogen-bond donors (Lipinski definition) is 0. The lowest BCUT2D eigenvalue weighted by Crippen LogP contribution is -2.26. The second-order valence-electron chi connectivity index (χ2n) is 5.03. The second-order valence-corrected chi connectivity index (χ2v) is 5.03. The highest BCUT2D eigenvalue weighted by Gasteiger charge is 2.42. The normalized spacial score (nSPS) is 17.4. The van der Waals surface area contributed by atoms with Crippen molar-refractivity contribution < 1.29 is 0 Å². The highest BCUT2D eigenvalue weighted by Crippen LogP contribution is 2.49. The summed E-state index contributed by atoms with van der Waals surface area (Å²) >= 11 is 0. The SMILES string of the molecule is CN(Cc1cnn(C)c1)CC1(CC#N)CC1. The van der Waals surface area contributed by atoms with Gasteiger partial charge in [-0.2, -0.15) is 10.4 Å². The third kappa shape index (κ3) is 2.61. The van der Waals surface area contributed by atoms with Crippen molar-refractivity contribution >= 4 is 0 Å². The molecule has 0 aromatic carbocycles. The molecule has 0 saturated heterocycles. The van der Waals surface area contributed by atoms with Crippen LogP contribution >= 0.6 is 0 Å². The van der Waals surface area contributed by atoms with Crippen LogP contribution in [-0.4, -0.2) is 28.3 Å². The summed E-state index contributed by atoms with van der Waals surface area (Å²) in [5.41, 5.74) is 1.53. The highest BCUT2D eigenvalue weighted by molar-refractivity contribution is 5.05. The molecule has 0 amide bonds. The molecule has 2 rings (SSSR count). The van der Waals surface area contributed by atoms with Crippen molar-refractivity contribution in [1.82, 2.24) is 14.7 Å². The first-order valence-electron chi connectivity index (χ1n) is 5.67. The average Bonchev–Trinajstić information content (AvgIpc) is 2.82. The molecule has 1 aromatic rings. The first-order chi connectivity index (χ1) is 7.63. The molecule has 0 atom stereocenters. The van der Waals surface area contributed by atoms with E-state index in [-0.39, 0.29) is 0 Å². The van der Waals surface area contributed by atoms with E-state index >= 15 is 0 Å². The van der Waals surface area contributed by atoms with Crippen molar-refractivity contribution in [3.05, 3.63) is 18.0 Å². The fourth-order valence-electron chi connectivity index (χ4n) is 2.23. The molecule has 86 valence electrons. The zero-order chi connectivity index (χ0) is 11.6. The zero-order valence-corrected chi connectivity index (χ0v) is 9.98. The zero-order valence-electron chi connectivity index (χ0n) is 9.98. The maximum absolute atomic E-state index is 8.77. The molecule has 0 aliphatic heterocycles. The lowest BCUT2D eigenvalue weighted by atomic mass is 10.0. The van der Waals surface area contributed by atoms with E-state index in [1.165, 1.54) is 18.4 Å². The van der Waals surface area contributed by atoms with E-state index in [0.717, 1.165) is 13.1 Å². The summed E-state index contributed by atoms with van der Waals surface area (Å²) in [6.07, 6.45) is 7.06. The van der Waals surface area contributed by atoms with Crippen LogP contribution in [-0.2, 0) is 13.6 Å².